The van der Waals surface area contributed by atoms with Gasteiger partial charge in [0.15, 0.2) is 6.61 Å². The summed E-state index contributed by atoms with van der Waals surface area (Å²) < 4.78 is 18.8. The third-order valence-corrected chi connectivity index (χ3v) is 5.47. The number of rotatable bonds is 11. The maximum Gasteiger partial charge on any atom is 0.261 e. The minimum Gasteiger partial charge on any atom is -0.484 e. The predicted octanol–water partition coefficient (Wildman–Crippen LogP) is 5.02. The zero-order valence-corrected chi connectivity index (χ0v) is 19.8. The molecule has 0 radical (unpaired) electrons. The molecule has 3 rings (SSSR count). The van der Waals surface area contributed by atoms with Crippen molar-refractivity contribution in [1.29, 1.82) is 0 Å². The summed E-state index contributed by atoms with van der Waals surface area (Å²) in [4.78, 5) is 28.1. The lowest BCUT2D eigenvalue weighted by atomic mass is 10.0. The molecular formula is C27H28ClFN2O3. The second-order valence-electron chi connectivity index (χ2n) is 7.89. The molecule has 0 aromatic heterocycles. The standard InChI is InChI=1S/C27H28ClFN2O3/c1-2-15-30-27(33)25(17-20-7-4-3-5-8-20)31(18-21-9-6-10-22(28)16-21)26(32)19-34-24-13-11-23(29)12-14-24/h3-14,16,25H,2,15,17-19H2,1H3,(H,30,33)/t25-/m0/s1. The van der Waals surface area contributed by atoms with Crippen molar-refractivity contribution in [3.8, 4) is 5.75 Å². The summed E-state index contributed by atoms with van der Waals surface area (Å²) in [7, 11) is 0. The molecule has 1 N–H and O–H groups in total. The Kier molecular flexibility index (Phi) is 9.47. The van der Waals surface area contributed by atoms with Crippen molar-refractivity contribution in [1.82, 2.24) is 10.2 Å². The first kappa shape index (κ1) is 25.2. The van der Waals surface area contributed by atoms with Gasteiger partial charge in [-0.15, -0.1) is 0 Å². The van der Waals surface area contributed by atoms with Crippen LogP contribution < -0.4 is 10.1 Å². The monoisotopic (exact) mass is 482 g/mol. The minimum atomic E-state index is -0.753. The van der Waals surface area contributed by atoms with Crippen molar-refractivity contribution in [3.05, 3.63) is 101 Å². The molecule has 1 atom stereocenters. The first-order valence-corrected chi connectivity index (χ1v) is 11.6. The smallest absolute Gasteiger partial charge is 0.261 e. The number of carbonyl (C=O) groups excluding carboxylic acids is 2. The second-order valence-corrected chi connectivity index (χ2v) is 8.33. The quantitative estimate of drug-likeness (QED) is 0.417. The van der Waals surface area contributed by atoms with Crippen molar-refractivity contribution < 1.29 is 18.7 Å². The lowest BCUT2D eigenvalue weighted by Gasteiger charge is -2.31. The fraction of sp³-hybridized carbons (Fsp3) is 0.259. The zero-order valence-electron chi connectivity index (χ0n) is 19.0. The van der Waals surface area contributed by atoms with Gasteiger partial charge in [0.25, 0.3) is 5.91 Å². The normalized spacial score (nSPS) is 11.5. The molecule has 0 aliphatic rings. The Morgan fingerprint density at radius 3 is 2.38 bits per heavy atom. The summed E-state index contributed by atoms with van der Waals surface area (Å²) in [5.74, 6) is -0.621. The highest BCUT2D eigenvalue weighted by Gasteiger charge is 2.30. The van der Waals surface area contributed by atoms with Crippen LogP contribution in [0.4, 0.5) is 4.39 Å². The van der Waals surface area contributed by atoms with E-state index >= 15 is 0 Å². The van der Waals surface area contributed by atoms with E-state index < -0.39 is 11.9 Å². The highest BCUT2D eigenvalue weighted by Crippen LogP contribution is 2.18. The third kappa shape index (κ3) is 7.59. The van der Waals surface area contributed by atoms with Crippen LogP contribution in [0.25, 0.3) is 0 Å². The number of nitrogens with one attached hydrogen (secondary N) is 1. The highest BCUT2D eigenvalue weighted by molar-refractivity contribution is 6.30. The molecule has 34 heavy (non-hydrogen) atoms. The maximum atomic E-state index is 13.4. The van der Waals surface area contributed by atoms with E-state index in [1.165, 1.54) is 29.2 Å². The number of ether oxygens (including phenoxy) is 1. The molecule has 0 fully saturated rings. The van der Waals surface area contributed by atoms with Crippen molar-refractivity contribution in [2.24, 2.45) is 0 Å². The molecule has 0 saturated carbocycles. The van der Waals surface area contributed by atoms with Crippen LogP contribution >= 0.6 is 11.6 Å². The van der Waals surface area contributed by atoms with Crippen molar-refractivity contribution >= 4 is 23.4 Å². The molecule has 0 aliphatic heterocycles. The first-order valence-electron chi connectivity index (χ1n) is 11.2. The topological polar surface area (TPSA) is 58.6 Å². The van der Waals surface area contributed by atoms with Crippen LogP contribution in [-0.4, -0.2) is 35.9 Å². The average molecular weight is 483 g/mol. The fourth-order valence-electron chi connectivity index (χ4n) is 3.51. The van der Waals surface area contributed by atoms with Gasteiger partial charge in [0, 0.05) is 24.5 Å². The molecule has 0 unspecified atom stereocenters. The number of carbonyl (C=O) groups is 2. The Hall–Kier alpha value is -3.38. The van der Waals surface area contributed by atoms with Gasteiger partial charge in [-0.3, -0.25) is 9.59 Å². The summed E-state index contributed by atoms with van der Waals surface area (Å²) in [5.41, 5.74) is 1.73. The molecule has 7 heteroatoms. The summed E-state index contributed by atoms with van der Waals surface area (Å²) in [5, 5.41) is 3.47. The van der Waals surface area contributed by atoms with Crippen LogP contribution in [0.5, 0.6) is 5.75 Å². The average Bonchev–Trinajstić information content (AvgIpc) is 2.85. The van der Waals surface area contributed by atoms with Gasteiger partial charge < -0.3 is 15.0 Å². The van der Waals surface area contributed by atoms with Gasteiger partial charge in [-0.1, -0.05) is 61.0 Å². The lowest BCUT2D eigenvalue weighted by molar-refractivity contribution is -0.142. The first-order chi connectivity index (χ1) is 16.5. The minimum absolute atomic E-state index is 0.184. The van der Waals surface area contributed by atoms with Crippen LogP contribution in [0.15, 0.2) is 78.9 Å². The Balaban J connectivity index is 1.88. The van der Waals surface area contributed by atoms with Gasteiger partial charge in [-0.2, -0.15) is 0 Å². The van der Waals surface area contributed by atoms with Gasteiger partial charge in [-0.05, 0) is 53.9 Å². The SMILES string of the molecule is CCCNC(=O)[C@H](Cc1ccccc1)N(Cc1cccc(Cl)c1)C(=O)COc1ccc(F)cc1. The van der Waals surface area contributed by atoms with E-state index in [-0.39, 0.29) is 25.0 Å². The van der Waals surface area contributed by atoms with Crippen LogP contribution in [0.1, 0.15) is 24.5 Å². The second kappa shape index (κ2) is 12.8. The largest absolute Gasteiger partial charge is 0.484 e. The molecule has 0 spiro atoms. The summed E-state index contributed by atoms with van der Waals surface area (Å²) in [6.45, 7) is 2.37. The summed E-state index contributed by atoms with van der Waals surface area (Å²) >= 11 is 6.16. The van der Waals surface area contributed by atoms with E-state index in [0.717, 1.165) is 17.5 Å². The Morgan fingerprint density at radius 2 is 1.71 bits per heavy atom. The van der Waals surface area contributed by atoms with E-state index in [0.29, 0.717) is 23.7 Å². The molecule has 0 bridgehead atoms. The van der Waals surface area contributed by atoms with Gasteiger partial charge >= 0.3 is 0 Å². The molecule has 3 aromatic rings. The summed E-state index contributed by atoms with van der Waals surface area (Å²) in [6, 6.07) is 21.4. The van der Waals surface area contributed by atoms with Gasteiger partial charge in [-0.25, -0.2) is 4.39 Å². The van der Waals surface area contributed by atoms with Crippen molar-refractivity contribution in [3.63, 3.8) is 0 Å². The Morgan fingerprint density at radius 1 is 1.00 bits per heavy atom. The van der Waals surface area contributed by atoms with Crippen LogP contribution in [-0.2, 0) is 22.6 Å². The van der Waals surface area contributed by atoms with Gasteiger partial charge in [0.1, 0.15) is 17.6 Å². The van der Waals surface area contributed by atoms with E-state index in [4.69, 9.17) is 16.3 Å². The number of amides is 2. The summed E-state index contributed by atoms with van der Waals surface area (Å²) in [6.07, 6.45) is 1.12. The van der Waals surface area contributed by atoms with Gasteiger partial charge in [0.2, 0.25) is 5.91 Å². The number of hydrogen-bond acceptors (Lipinski definition) is 3. The molecule has 0 saturated heterocycles. The van der Waals surface area contributed by atoms with E-state index in [1.807, 2.05) is 43.3 Å². The van der Waals surface area contributed by atoms with E-state index in [2.05, 4.69) is 5.32 Å². The van der Waals surface area contributed by atoms with Gasteiger partial charge in [0.05, 0.1) is 0 Å². The van der Waals surface area contributed by atoms with E-state index in [9.17, 15) is 14.0 Å². The van der Waals surface area contributed by atoms with Crippen molar-refractivity contribution in [2.75, 3.05) is 13.2 Å². The number of halogens is 2. The molecule has 3 aromatic carbocycles. The van der Waals surface area contributed by atoms with Crippen molar-refractivity contribution in [2.45, 2.75) is 32.4 Å². The molecular weight excluding hydrogens is 455 g/mol. The van der Waals surface area contributed by atoms with E-state index in [1.54, 1.807) is 18.2 Å². The maximum absolute atomic E-state index is 13.4. The molecule has 0 heterocycles. The number of benzene rings is 3. The molecule has 178 valence electrons. The van der Waals surface area contributed by atoms with Crippen LogP contribution in [0.3, 0.4) is 0 Å². The predicted molar refractivity (Wildman–Crippen MR) is 131 cm³/mol. The lowest BCUT2D eigenvalue weighted by Crippen LogP contribution is -2.51. The molecule has 0 aliphatic carbocycles. The van der Waals surface area contributed by atoms with Crippen LogP contribution in [0, 0.1) is 5.82 Å². The molecule has 2 amide bonds. The highest BCUT2D eigenvalue weighted by atomic mass is 35.5. The molecule has 5 nitrogen and oxygen atoms in total. The number of nitrogens with zero attached hydrogens (tertiary/aromatic N) is 1. The van der Waals surface area contributed by atoms with Crippen LogP contribution in [0.2, 0.25) is 5.02 Å². The zero-order chi connectivity index (χ0) is 24.3. The fourth-order valence-corrected chi connectivity index (χ4v) is 3.72. The Bertz CT molecular complexity index is 1080. The Labute approximate surface area is 204 Å². The number of hydrogen-bond donors (Lipinski definition) is 1. The third-order valence-electron chi connectivity index (χ3n) is 5.24.